The van der Waals surface area contributed by atoms with Crippen LogP contribution < -0.4 is 0 Å². The molecule has 86 valence electrons. The van der Waals surface area contributed by atoms with Gasteiger partial charge in [0.1, 0.15) is 6.29 Å². The van der Waals surface area contributed by atoms with Crippen LogP contribution in [0.15, 0.2) is 30.3 Å². The molecule has 3 nitrogen and oxygen atoms in total. The molecule has 0 radical (unpaired) electrons. The normalized spacial score (nSPS) is 9.81. The first-order chi connectivity index (χ1) is 7.74. The SMILES string of the molecule is CC(=O)N(CCCC=O)Cc1ccccc1. The average molecular weight is 219 g/mol. The molecule has 1 amide bonds. The summed E-state index contributed by atoms with van der Waals surface area (Å²) >= 11 is 0. The molecule has 1 rings (SSSR count). The maximum Gasteiger partial charge on any atom is 0.219 e. The largest absolute Gasteiger partial charge is 0.339 e. The van der Waals surface area contributed by atoms with Crippen molar-refractivity contribution in [3.8, 4) is 0 Å². The van der Waals surface area contributed by atoms with E-state index in [2.05, 4.69) is 0 Å². The first-order valence-electron chi connectivity index (χ1n) is 5.47. The summed E-state index contributed by atoms with van der Waals surface area (Å²) in [4.78, 5) is 23.4. The topological polar surface area (TPSA) is 37.4 Å². The van der Waals surface area contributed by atoms with Crippen LogP contribution in [0.1, 0.15) is 25.3 Å². The van der Waals surface area contributed by atoms with E-state index in [4.69, 9.17) is 0 Å². The molecule has 1 aromatic rings. The third kappa shape index (κ3) is 4.26. The zero-order valence-corrected chi connectivity index (χ0v) is 9.56. The second kappa shape index (κ2) is 6.77. The number of hydrogen-bond acceptors (Lipinski definition) is 2. The van der Waals surface area contributed by atoms with Crippen molar-refractivity contribution < 1.29 is 9.59 Å². The fraction of sp³-hybridized carbons (Fsp3) is 0.385. The fourth-order valence-corrected chi connectivity index (χ4v) is 1.52. The summed E-state index contributed by atoms with van der Waals surface area (Å²) in [5, 5.41) is 0. The van der Waals surface area contributed by atoms with Crippen molar-refractivity contribution in [3.05, 3.63) is 35.9 Å². The van der Waals surface area contributed by atoms with Crippen molar-refractivity contribution in [2.24, 2.45) is 0 Å². The minimum absolute atomic E-state index is 0.0507. The van der Waals surface area contributed by atoms with Crippen LogP contribution in [0.5, 0.6) is 0 Å². The summed E-state index contributed by atoms with van der Waals surface area (Å²) in [5.41, 5.74) is 1.11. The van der Waals surface area contributed by atoms with Gasteiger partial charge in [0.2, 0.25) is 5.91 Å². The summed E-state index contributed by atoms with van der Waals surface area (Å²) in [6, 6.07) is 9.86. The number of aldehydes is 1. The highest BCUT2D eigenvalue weighted by Gasteiger charge is 2.08. The van der Waals surface area contributed by atoms with E-state index in [0.717, 1.165) is 18.3 Å². The van der Waals surface area contributed by atoms with Crippen molar-refractivity contribution in [2.45, 2.75) is 26.3 Å². The Bertz CT molecular complexity index is 335. The number of carbonyl (C=O) groups is 2. The third-order valence-electron chi connectivity index (χ3n) is 2.41. The number of unbranched alkanes of at least 4 members (excludes halogenated alkanes) is 1. The molecule has 0 fully saturated rings. The second-order valence-corrected chi connectivity index (χ2v) is 3.74. The predicted octanol–water partition coefficient (Wildman–Crippen LogP) is 2.01. The van der Waals surface area contributed by atoms with Gasteiger partial charge < -0.3 is 9.69 Å². The van der Waals surface area contributed by atoms with Crippen molar-refractivity contribution in [3.63, 3.8) is 0 Å². The maximum absolute atomic E-state index is 11.4. The van der Waals surface area contributed by atoms with Crippen LogP contribution in [0.2, 0.25) is 0 Å². The van der Waals surface area contributed by atoms with Gasteiger partial charge in [-0.05, 0) is 12.0 Å². The maximum atomic E-state index is 11.4. The molecule has 0 aromatic heterocycles. The van der Waals surface area contributed by atoms with Crippen molar-refractivity contribution in [2.75, 3.05) is 6.54 Å². The monoisotopic (exact) mass is 219 g/mol. The molecule has 3 heteroatoms. The Balaban J connectivity index is 2.51. The first kappa shape index (κ1) is 12.4. The molecule has 0 unspecified atom stereocenters. The van der Waals surface area contributed by atoms with Gasteiger partial charge in [0, 0.05) is 26.4 Å². The van der Waals surface area contributed by atoms with Crippen LogP contribution in [0.25, 0.3) is 0 Å². The number of nitrogens with zero attached hydrogens (tertiary/aromatic N) is 1. The Morgan fingerprint density at radius 1 is 1.31 bits per heavy atom. The van der Waals surface area contributed by atoms with Crippen LogP contribution in [0.3, 0.4) is 0 Å². The molecule has 0 aliphatic rings. The van der Waals surface area contributed by atoms with Gasteiger partial charge in [-0.1, -0.05) is 30.3 Å². The molecule has 0 aliphatic carbocycles. The molecule has 0 N–H and O–H groups in total. The second-order valence-electron chi connectivity index (χ2n) is 3.74. The quantitative estimate of drug-likeness (QED) is 0.542. The number of benzene rings is 1. The Hall–Kier alpha value is -1.64. The lowest BCUT2D eigenvalue weighted by molar-refractivity contribution is -0.129. The van der Waals surface area contributed by atoms with Crippen molar-refractivity contribution in [1.82, 2.24) is 4.90 Å². The van der Waals surface area contributed by atoms with Gasteiger partial charge in [-0.15, -0.1) is 0 Å². The van der Waals surface area contributed by atoms with Crippen LogP contribution in [0, 0.1) is 0 Å². The van der Waals surface area contributed by atoms with Gasteiger partial charge in [0.25, 0.3) is 0 Å². The van der Waals surface area contributed by atoms with Crippen molar-refractivity contribution >= 4 is 12.2 Å². The predicted molar refractivity (Wildman–Crippen MR) is 62.8 cm³/mol. The molecule has 0 bridgehead atoms. The molecular weight excluding hydrogens is 202 g/mol. The number of carbonyl (C=O) groups excluding carboxylic acids is 2. The van der Waals surface area contributed by atoms with Gasteiger partial charge in [0.05, 0.1) is 0 Å². The minimum atomic E-state index is 0.0507. The Morgan fingerprint density at radius 3 is 2.56 bits per heavy atom. The number of rotatable bonds is 6. The van der Waals surface area contributed by atoms with Gasteiger partial charge >= 0.3 is 0 Å². The Morgan fingerprint density at radius 2 is 2.00 bits per heavy atom. The van der Waals surface area contributed by atoms with Gasteiger partial charge in [0.15, 0.2) is 0 Å². The lowest BCUT2D eigenvalue weighted by Gasteiger charge is -2.20. The van der Waals surface area contributed by atoms with E-state index >= 15 is 0 Å². The van der Waals surface area contributed by atoms with Crippen LogP contribution in [-0.4, -0.2) is 23.6 Å². The van der Waals surface area contributed by atoms with E-state index in [0.29, 0.717) is 19.5 Å². The van der Waals surface area contributed by atoms with Crippen molar-refractivity contribution in [1.29, 1.82) is 0 Å². The number of amides is 1. The minimum Gasteiger partial charge on any atom is -0.339 e. The van der Waals surface area contributed by atoms with E-state index in [1.165, 1.54) is 0 Å². The van der Waals surface area contributed by atoms with E-state index in [9.17, 15) is 9.59 Å². The summed E-state index contributed by atoms with van der Waals surface area (Å²) in [6.07, 6.45) is 2.13. The van der Waals surface area contributed by atoms with Crippen LogP contribution in [0.4, 0.5) is 0 Å². The van der Waals surface area contributed by atoms with E-state index < -0.39 is 0 Å². The molecule has 0 atom stereocenters. The van der Waals surface area contributed by atoms with E-state index in [-0.39, 0.29) is 5.91 Å². The van der Waals surface area contributed by atoms with E-state index in [1.54, 1.807) is 11.8 Å². The molecule has 1 aromatic carbocycles. The highest BCUT2D eigenvalue weighted by Crippen LogP contribution is 2.05. The molecule has 0 saturated carbocycles. The summed E-state index contributed by atoms with van der Waals surface area (Å²) in [6.45, 7) is 2.82. The molecule has 0 spiro atoms. The highest BCUT2D eigenvalue weighted by atomic mass is 16.2. The molecule has 0 aliphatic heterocycles. The lowest BCUT2D eigenvalue weighted by Crippen LogP contribution is -2.29. The fourth-order valence-electron chi connectivity index (χ4n) is 1.52. The Kier molecular flexibility index (Phi) is 5.26. The molecule has 0 saturated heterocycles. The average Bonchev–Trinajstić information content (AvgIpc) is 2.29. The lowest BCUT2D eigenvalue weighted by atomic mass is 10.2. The van der Waals surface area contributed by atoms with Gasteiger partial charge in [-0.25, -0.2) is 0 Å². The first-order valence-corrected chi connectivity index (χ1v) is 5.47. The number of hydrogen-bond donors (Lipinski definition) is 0. The zero-order valence-electron chi connectivity index (χ0n) is 9.56. The van der Waals surface area contributed by atoms with Gasteiger partial charge in [-0.2, -0.15) is 0 Å². The zero-order chi connectivity index (χ0) is 11.8. The van der Waals surface area contributed by atoms with Crippen LogP contribution in [-0.2, 0) is 16.1 Å². The smallest absolute Gasteiger partial charge is 0.219 e. The highest BCUT2D eigenvalue weighted by molar-refractivity contribution is 5.73. The summed E-state index contributed by atoms with van der Waals surface area (Å²) in [5.74, 6) is 0.0507. The van der Waals surface area contributed by atoms with E-state index in [1.807, 2.05) is 30.3 Å². The van der Waals surface area contributed by atoms with Gasteiger partial charge in [-0.3, -0.25) is 4.79 Å². The summed E-state index contributed by atoms with van der Waals surface area (Å²) < 4.78 is 0. The summed E-state index contributed by atoms with van der Waals surface area (Å²) in [7, 11) is 0. The van der Waals surface area contributed by atoms with Crippen LogP contribution >= 0.6 is 0 Å². The standard InChI is InChI=1S/C13H17NO2/c1-12(16)14(9-5-6-10-15)11-13-7-3-2-4-8-13/h2-4,7-8,10H,5-6,9,11H2,1H3. The Labute approximate surface area is 96.1 Å². The molecule has 0 heterocycles. The molecular formula is C13H17NO2. The molecule has 16 heavy (non-hydrogen) atoms. The third-order valence-corrected chi connectivity index (χ3v) is 2.41.